The van der Waals surface area contributed by atoms with Crippen molar-refractivity contribution in [3.05, 3.63) is 59.9 Å². The Kier molecular flexibility index (Phi) is 4.11. The second-order valence-corrected chi connectivity index (χ2v) is 4.90. The van der Waals surface area contributed by atoms with Gasteiger partial charge in [0.25, 0.3) is 0 Å². The molecular formula is C15H17N2P. The zero-order valence-corrected chi connectivity index (χ0v) is 11.8. The minimum absolute atomic E-state index is 1.08. The Labute approximate surface area is 110 Å². The molecule has 0 amide bonds. The smallest absolute Gasteiger partial charge is 0.0546 e. The topological polar surface area (TPSA) is 28.7 Å². The number of H-pyrrole nitrogens is 1. The van der Waals surface area contributed by atoms with Crippen molar-refractivity contribution in [3.63, 3.8) is 0 Å². The molecule has 0 aliphatic carbocycles. The van der Waals surface area contributed by atoms with Gasteiger partial charge in [-0.1, -0.05) is 30.3 Å². The highest BCUT2D eigenvalue weighted by atomic mass is 31.0. The third-order valence-corrected chi connectivity index (χ3v) is 3.50. The SMILES string of the molecule is Cc1cc(-c2ccccc2C)cc[nH]ncc1P. The van der Waals surface area contributed by atoms with E-state index >= 15 is 0 Å². The van der Waals surface area contributed by atoms with E-state index in [0.717, 1.165) is 5.30 Å². The molecule has 1 aromatic carbocycles. The number of nitrogens with one attached hydrogen (secondary N) is 1. The number of aromatic nitrogens is 2. The highest BCUT2D eigenvalue weighted by molar-refractivity contribution is 7.27. The van der Waals surface area contributed by atoms with E-state index in [2.05, 4.69) is 63.6 Å². The van der Waals surface area contributed by atoms with Gasteiger partial charge in [0.05, 0.1) is 6.20 Å². The van der Waals surface area contributed by atoms with Gasteiger partial charge in [0, 0.05) is 6.20 Å². The molecule has 2 nitrogen and oxygen atoms in total. The van der Waals surface area contributed by atoms with Gasteiger partial charge in [0.1, 0.15) is 0 Å². The minimum Gasteiger partial charge on any atom is -0.286 e. The highest BCUT2D eigenvalue weighted by Crippen LogP contribution is 2.22. The summed E-state index contributed by atoms with van der Waals surface area (Å²) in [6.07, 6.45) is 3.66. The summed E-state index contributed by atoms with van der Waals surface area (Å²) in [5.74, 6) is 0. The average Bonchev–Trinajstić information content (AvgIpc) is 2.43. The molecule has 0 bridgehead atoms. The van der Waals surface area contributed by atoms with Crippen molar-refractivity contribution in [2.75, 3.05) is 0 Å². The zero-order chi connectivity index (χ0) is 13.0. The molecule has 0 radical (unpaired) electrons. The van der Waals surface area contributed by atoms with Gasteiger partial charge < -0.3 is 0 Å². The lowest BCUT2D eigenvalue weighted by molar-refractivity contribution is 1.05. The molecule has 1 aromatic heterocycles. The second-order valence-electron chi connectivity index (χ2n) is 4.27. The van der Waals surface area contributed by atoms with Crippen LogP contribution in [0.15, 0.2) is 48.8 Å². The predicted molar refractivity (Wildman–Crippen MR) is 80.5 cm³/mol. The van der Waals surface area contributed by atoms with Crippen molar-refractivity contribution >= 4 is 14.5 Å². The molecule has 0 saturated heterocycles. The summed E-state index contributed by atoms with van der Waals surface area (Å²) >= 11 is 0. The van der Waals surface area contributed by atoms with Gasteiger partial charge in [-0.15, -0.1) is 9.24 Å². The summed E-state index contributed by atoms with van der Waals surface area (Å²) < 4.78 is 0. The number of nitrogens with zero attached hydrogens (tertiary/aromatic N) is 1. The quantitative estimate of drug-likeness (QED) is 0.779. The molecule has 18 heavy (non-hydrogen) atoms. The Morgan fingerprint density at radius 1 is 1.06 bits per heavy atom. The number of hydrogen-bond donors (Lipinski definition) is 1. The highest BCUT2D eigenvalue weighted by Gasteiger charge is 1.99. The van der Waals surface area contributed by atoms with Crippen molar-refractivity contribution in [1.29, 1.82) is 0 Å². The molecule has 3 heteroatoms. The van der Waals surface area contributed by atoms with E-state index in [4.69, 9.17) is 0 Å². The Bertz CT molecular complexity index is 601. The van der Waals surface area contributed by atoms with Crippen LogP contribution in [0.3, 0.4) is 0 Å². The molecule has 0 fully saturated rings. The van der Waals surface area contributed by atoms with E-state index < -0.39 is 0 Å². The van der Waals surface area contributed by atoms with E-state index in [1.165, 1.54) is 22.3 Å². The van der Waals surface area contributed by atoms with Crippen molar-refractivity contribution in [1.82, 2.24) is 10.2 Å². The molecule has 1 atom stereocenters. The molecule has 92 valence electrons. The van der Waals surface area contributed by atoms with Crippen molar-refractivity contribution in [3.8, 4) is 11.1 Å². The Morgan fingerprint density at radius 3 is 2.61 bits per heavy atom. The third kappa shape index (κ3) is 2.96. The van der Waals surface area contributed by atoms with Gasteiger partial charge in [-0.25, -0.2) is 0 Å². The zero-order valence-electron chi connectivity index (χ0n) is 10.6. The molecule has 0 aliphatic rings. The van der Waals surface area contributed by atoms with Crippen LogP contribution in [-0.2, 0) is 0 Å². The largest absolute Gasteiger partial charge is 0.286 e. The van der Waals surface area contributed by atoms with Crippen molar-refractivity contribution in [2.24, 2.45) is 0 Å². The van der Waals surface area contributed by atoms with Gasteiger partial charge in [-0.3, -0.25) is 5.10 Å². The van der Waals surface area contributed by atoms with Gasteiger partial charge >= 0.3 is 0 Å². The molecule has 0 aliphatic heterocycles. The third-order valence-electron chi connectivity index (χ3n) is 2.90. The lowest BCUT2D eigenvalue weighted by atomic mass is 10.0. The van der Waals surface area contributed by atoms with Gasteiger partial charge in [0.2, 0.25) is 0 Å². The van der Waals surface area contributed by atoms with E-state index in [1.54, 1.807) is 0 Å². The van der Waals surface area contributed by atoms with Crippen LogP contribution in [0.25, 0.3) is 11.1 Å². The fourth-order valence-electron chi connectivity index (χ4n) is 1.81. The first kappa shape index (κ1) is 12.8. The molecule has 1 unspecified atom stereocenters. The molecule has 0 spiro atoms. The first-order chi connectivity index (χ1) is 8.68. The fraction of sp³-hybridized carbons (Fsp3) is 0.133. The Hall–Kier alpha value is -1.66. The normalized spacial score (nSPS) is 9.94. The summed E-state index contributed by atoms with van der Waals surface area (Å²) in [5.41, 5.74) is 4.89. The summed E-state index contributed by atoms with van der Waals surface area (Å²) in [4.78, 5) is 0. The molecule has 2 aromatic rings. The number of aromatic amines is 1. The average molecular weight is 256 g/mol. The van der Waals surface area contributed by atoms with E-state index in [9.17, 15) is 0 Å². The number of rotatable bonds is 1. The van der Waals surface area contributed by atoms with Gasteiger partial charge in [-0.2, -0.15) is 5.10 Å². The fourth-order valence-corrected chi connectivity index (χ4v) is 1.97. The van der Waals surface area contributed by atoms with E-state index in [1.807, 2.05) is 18.5 Å². The van der Waals surface area contributed by atoms with Crippen LogP contribution in [0.1, 0.15) is 11.1 Å². The van der Waals surface area contributed by atoms with Crippen LogP contribution < -0.4 is 5.30 Å². The lowest BCUT2D eigenvalue weighted by Crippen LogP contribution is -1.93. The van der Waals surface area contributed by atoms with Gasteiger partial charge in [0.15, 0.2) is 0 Å². The molecule has 2 rings (SSSR count). The van der Waals surface area contributed by atoms with Crippen LogP contribution in [0, 0.1) is 13.8 Å². The minimum atomic E-state index is 1.08. The summed E-state index contributed by atoms with van der Waals surface area (Å²) in [7, 11) is 2.71. The van der Waals surface area contributed by atoms with Crippen LogP contribution >= 0.6 is 9.24 Å². The Balaban J connectivity index is 2.70. The first-order valence-corrected chi connectivity index (χ1v) is 6.45. The van der Waals surface area contributed by atoms with Crippen LogP contribution in [-0.4, -0.2) is 10.2 Å². The van der Waals surface area contributed by atoms with E-state index in [-0.39, 0.29) is 0 Å². The Morgan fingerprint density at radius 2 is 1.83 bits per heavy atom. The maximum Gasteiger partial charge on any atom is 0.0546 e. The number of hydrogen-bond acceptors (Lipinski definition) is 1. The predicted octanol–water partition coefficient (Wildman–Crippen LogP) is 3.32. The number of benzene rings is 1. The molecular weight excluding hydrogens is 239 g/mol. The number of aryl methyl sites for hydroxylation is 2. The summed E-state index contributed by atoms with van der Waals surface area (Å²) in [5, 5.41) is 8.08. The monoisotopic (exact) mass is 256 g/mol. The van der Waals surface area contributed by atoms with E-state index in [0.29, 0.717) is 0 Å². The maximum atomic E-state index is 4.10. The standard InChI is InChI=1S/C15H17N2P/c1-11-5-3-4-6-14(11)13-7-8-16-17-10-15(18)12(2)9-13/h3-10,16H,18H2,1-2H3. The second kappa shape index (κ2) is 5.79. The molecule has 1 N–H and O–H groups in total. The summed E-state index contributed by atoms with van der Waals surface area (Å²) in [6.45, 7) is 4.22. The van der Waals surface area contributed by atoms with Crippen LogP contribution in [0.2, 0.25) is 0 Å². The maximum absolute atomic E-state index is 4.10. The lowest BCUT2D eigenvalue weighted by Gasteiger charge is -2.04. The first-order valence-electron chi connectivity index (χ1n) is 5.87. The molecule has 0 saturated carbocycles. The van der Waals surface area contributed by atoms with Crippen LogP contribution in [0.4, 0.5) is 0 Å². The van der Waals surface area contributed by atoms with Crippen molar-refractivity contribution in [2.45, 2.75) is 13.8 Å². The summed E-state index contributed by atoms with van der Waals surface area (Å²) in [6, 6.07) is 12.6. The van der Waals surface area contributed by atoms with Crippen LogP contribution in [0.5, 0.6) is 0 Å². The van der Waals surface area contributed by atoms with Gasteiger partial charge in [-0.05, 0) is 47.5 Å². The molecule has 1 heterocycles. The van der Waals surface area contributed by atoms with Crippen molar-refractivity contribution < 1.29 is 0 Å².